The zero-order chi connectivity index (χ0) is 14.3. The van der Waals surface area contributed by atoms with Crippen LogP contribution in [0.15, 0.2) is 4.99 Å². The molecule has 1 aliphatic heterocycles. The third-order valence-electron chi connectivity index (χ3n) is 3.40. The van der Waals surface area contributed by atoms with Gasteiger partial charge in [-0.25, -0.2) is 0 Å². The highest BCUT2D eigenvalue weighted by atomic mass is 32.2. The van der Waals surface area contributed by atoms with Gasteiger partial charge in [-0.3, -0.25) is 9.79 Å². The van der Waals surface area contributed by atoms with Gasteiger partial charge in [-0.2, -0.15) is 0 Å². The van der Waals surface area contributed by atoms with Crippen LogP contribution >= 0.6 is 11.8 Å². The summed E-state index contributed by atoms with van der Waals surface area (Å²) < 4.78 is 0. The lowest BCUT2D eigenvalue weighted by atomic mass is 10.0. The van der Waals surface area contributed by atoms with Crippen molar-refractivity contribution in [2.24, 2.45) is 10.9 Å². The van der Waals surface area contributed by atoms with Crippen molar-refractivity contribution in [3.63, 3.8) is 0 Å². The van der Waals surface area contributed by atoms with Gasteiger partial charge in [-0.15, -0.1) is 0 Å². The molecule has 0 aromatic carbocycles. The van der Waals surface area contributed by atoms with Crippen molar-refractivity contribution < 1.29 is 4.79 Å². The minimum absolute atomic E-state index is 0.0971. The van der Waals surface area contributed by atoms with E-state index in [2.05, 4.69) is 36.4 Å². The molecule has 110 valence electrons. The highest BCUT2D eigenvalue weighted by molar-refractivity contribution is 8.13. The Morgan fingerprint density at radius 3 is 2.89 bits per heavy atom. The average molecular weight is 285 g/mol. The van der Waals surface area contributed by atoms with Gasteiger partial charge in [0.25, 0.3) is 0 Å². The minimum Gasteiger partial charge on any atom is -0.362 e. The Balaban J connectivity index is 2.30. The van der Waals surface area contributed by atoms with Gasteiger partial charge in [0.05, 0.1) is 6.54 Å². The Morgan fingerprint density at radius 2 is 2.26 bits per heavy atom. The van der Waals surface area contributed by atoms with Crippen LogP contribution in [0.5, 0.6) is 0 Å². The number of hydrogen-bond acceptors (Lipinski definition) is 3. The highest BCUT2D eigenvalue weighted by Gasteiger charge is 2.19. The smallest absolute Gasteiger partial charge is 0.222 e. The lowest BCUT2D eigenvalue weighted by Gasteiger charge is -2.28. The summed E-state index contributed by atoms with van der Waals surface area (Å²) in [7, 11) is 0. The summed E-state index contributed by atoms with van der Waals surface area (Å²) in [6.07, 6.45) is 2.63. The molecule has 4 nitrogen and oxygen atoms in total. The van der Waals surface area contributed by atoms with Crippen molar-refractivity contribution in [3.05, 3.63) is 0 Å². The van der Waals surface area contributed by atoms with Crippen molar-refractivity contribution in [3.8, 4) is 0 Å². The van der Waals surface area contributed by atoms with Crippen LogP contribution in [0.4, 0.5) is 0 Å². The van der Waals surface area contributed by atoms with E-state index in [1.807, 2.05) is 6.92 Å². The molecule has 2 N–H and O–H groups in total. The van der Waals surface area contributed by atoms with E-state index in [0.29, 0.717) is 24.9 Å². The second-order valence-corrected chi connectivity index (χ2v) is 6.53. The zero-order valence-corrected chi connectivity index (χ0v) is 13.3. The van der Waals surface area contributed by atoms with E-state index in [1.54, 1.807) is 11.8 Å². The summed E-state index contributed by atoms with van der Waals surface area (Å²) in [4.78, 5) is 16.1. The molecular weight excluding hydrogens is 258 g/mol. The quantitative estimate of drug-likeness (QED) is 0.788. The van der Waals surface area contributed by atoms with Crippen molar-refractivity contribution >= 4 is 22.8 Å². The van der Waals surface area contributed by atoms with Crippen LogP contribution in [0.1, 0.15) is 47.0 Å². The Morgan fingerprint density at radius 1 is 1.53 bits per heavy atom. The van der Waals surface area contributed by atoms with E-state index in [0.717, 1.165) is 17.3 Å². The number of carbonyl (C=O) groups is 1. The molecule has 1 amide bonds. The van der Waals surface area contributed by atoms with E-state index in [-0.39, 0.29) is 11.9 Å². The fourth-order valence-electron chi connectivity index (χ4n) is 1.85. The Bertz CT molecular complexity index is 318. The molecule has 0 saturated carbocycles. The minimum atomic E-state index is 0.0971. The molecule has 0 aromatic rings. The molecule has 1 fully saturated rings. The molecule has 2 atom stereocenters. The molecule has 1 aliphatic rings. The molecular formula is C14H27N3OS. The van der Waals surface area contributed by atoms with E-state index < -0.39 is 0 Å². The largest absolute Gasteiger partial charge is 0.362 e. The number of hydrogen-bond donors (Lipinski definition) is 2. The first-order valence-electron chi connectivity index (χ1n) is 7.26. The van der Waals surface area contributed by atoms with Gasteiger partial charge in [0.2, 0.25) is 5.91 Å². The van der Waals surface area contributed by atoms with Crippen molar-refractivity contribution in [1.29, 1.82) is 0 Å². The van der Waals surface area contributed by atoms with Crippen LogP contribution in [-0.2, 0) is 4.79 Å². The normalized spacial score (nSPS) is 23.2. The second-order valence-electron chi connectivity index (χ2n) is 5.45. The van der Waals surface area contributed by atoms with Crippen LogP contribution in [-0.4, -0.2) is 35.5 Å². The first-order chi connectivity index (χ1) is 9.02. The van der Waals surface area contributed by atoms with E-state index >= 15 is 0 Å². The van der Waals surface area contributed by atoms with Gasteiger partial charge >= 0.3 is 0 Å². The standard InChI is InChI=1S/C14H27N3OS/c1-5-11(4)16-13(18)6-8-15-14-17-12(10(2)3)7-9-19-14/h10-12H,5-9H2,1-4H3,(H,15,17)(H,16,18). The predicted molar refractivity (Wildman–Crippen MR) is 83.7 cm³/mol. The molecule has 0 radical (unpaired) electrons. The van der Waals surface area contributed by atoms with Gasteiger partial charge in [0.15, 0.2) is 5.17 Å². The summed E-state index contributed by atoms with van der Waals surface area (Å²) in [6, 6.07) is 0.779. The van der Waals surface area contributed by atoms with Crippen molar-refractivity contribution in [1.82, 2.24) is 10.6 Å². The van der Waals surface area contributed by atoms with Gasteiger partial charge in [-0.05, 0) is 25.7 Å². The average Bonchev–Trinajstić information content (AvgIpc) is 2.38. The zero-order valence-electron chi connectivity index (χ0n) is 12.5. The molecule has 5 heteroatoms. The Hall–Kier alpha value is -0.710. The number of thioether (sulfide) groups is 1. The first kappa shape index (κ1) is 16.3. The van der Waals surface area contributed by atoms with Crippen LogP contribution in [0, 0.1) is 5.92 Å². The van der Waals surface area contributed by atoms with Crippen LogP contribution < -0.4 is 10.6 Å². The number of rotatable bonds is 6. The van der Waals surface area contributed by atoms with Crippen LogP contribution in [0.3, 0.4) is 0 Å². The van der Waals surface area contributed by atoms with Crippen molar-refractivity contribution in [2.45, 2.75) is 59.0 Å². The molecule has 0 spiro atoms. The van der Waals surface area contributed by atoms with Crippen molar-refractivity contribution in [2.75, 3.05) is 12.3 Å². The van der Waals surface area contributed by atoms with Gasteiger partial charge < -0.3 is 10.6 Å². The molecule has 1 saturated heterocycles. The molecule has 0 bridgehead atoms. The highest BCUT2D eigenvalue weighted by Crippen LogP contribution is 2.18. The maximum atomic E-state index is 11.6. The summed E-state index contributed by atoms with van der Waals surface area (Å²) >= 11 is 1.76. The number of nitrogens with zero attached hydrogens (tertiary/aromatic N) is 1. The Kier molecular flexibility index (Phi) is 7.28. The fraction of sp³-hybridized carbons (Fsp3) is 0.857. The lowest BCUT2D eigenvalue weighted by Crippen LogP contribution is -2.41. The summed E-state index contributed by atoms with van der Waals surface area (Å²) in [5.74, 6) is 1.84. The molecule has 19 heavy (non-hydrogen) atoms. The second kappa shape index (κ2) is 8.46. The third kappa shape index (κ3) is 6.32. The number of amides is 1. The van der Waals surface area contributed by atoms with Gasteiger partial charge in [0.1, 0.15) is 0 Å². The third-order valence-corrected chi connectivity index (χ3v) is 4.36. The number of carbonyl (C=O) groups excluding carboxylic acids is 1. The number of aliphatic imine (C=N–C) groups is 1. The molecule has 1 heterocycles. The monoisotopic (exact) mass is 285 g/mol. The topological polar surface area (TPSA) is 53.5 Å². The number of amidine groups is 1. The summed E-state index contributed by atoms with van der Waals surface area (Å²) in [5, 5.41) is 7.42. The van der Waals surface area contributed by atoms with Gasteiger partial charge in [-0.1, -0.05) is 32.5 Å². The van der Waals surface area contributed by atoms with Crippen LogP contribution in [0.2, 0.25) is 0 Å². The van der Waals surface area contributed by atoms with Gasteiger partial charge in [0, 0.05) is 24.3 Å². The SMILES string of the molecule is CCC(C)NC(=O)CCN=C1NC(C(C)C)CCS1. The summed E-state index contributed by atoms with van der Waals surface area (Å²) in [5.41, 5.74) is 0. The first-order valence-corrected chi connectivity index (χ1v) is 8.24. The lowest BCUT2D eigenvalue weighted by molar-refractivity contribution is -0.121. The van der Waals surface area contributed by atoms with E-state index in [9.17, 15) is 4.79 Å². The fourth-order valence-corrected chi connectivity index (χ4v) is 2.84. The number of nitrogens with one attached hydrogen (secondary N) is 2. The molecule has 0 aliphatic carbocycles. The maximum Gasteiger partial charge on any atom is 0.222 e. The molecule has 2 unspecified atom stereocenters. The van der Waals surface area contributed by atoms with Crippen LogP contribution in [0.25, 0.3) is 0 Å². The Labute approximate surface area is 121 Å². The van der Waals surface area contributed by atoms with E-state index in [1.165, 1.54) is 6.42 Å². The van der Waals surface area contributed by atoms with E-state index in [4.69, 9.17) is 0 Å². The molecule has 1 rings (SSSR count). The predicted octanol–water partition coefficient (Wildman–Crippen LogP) is 2.40. The molecule has 0 aromatic heterocycles. The maximum absolute atomic E-state index is 11.6. The summed E-state index contributed by atoms with van der Waals surface area (Å²) in [6.45, 7) is 9.12.